The highest BCUT2D eigenvalue weighted by molar-refractivity contribution is 6.00. The summed E-state index contributed by atoms with van der Waals surface area (Å²) in [7, 11) is 1.35. The van der Waals surface area contributed by atoms with Crippen LogP contribution in [-0.4, -0.2) is 53.1 Å². The van der Waals surface area contributed by atoms with Gasteiger partial charge in [0, 0.05) is 79.1 Å². The maximum atomic E-state index is 15.3. The number of benzene rings is 2. The molecule has 0 radical (unpaired) electrons. The Labute approximate surface area is 209 Å². The van der Waals surface area contributed by atoms with Gasteiger partial charge in [0.1, 0.15) is 11.4 Å². The molecule has 7 nitrogen and oxygen atoms in total. The van der Waals surface area contributed by atoms with Crippen molar-refractivity contribution in [3.63, 3.8) is 0 Å². The fourth-order valence-corrected chi connectivity index (χ4v) is 4.39. The van der Waals surface area contributed by atoms with Gasteiger partial charge in [0.2, 0.25) is 5.88 Å². The minimum absolute atomic E-state index is 0.0775. The Hall–Kier alpha value is -4.34. The molecule has 5 rings (SSSR count). The van der Waals surface area contributed by atoms with Crippen molar-refractivity contribution in [1.82, 2.24) is 9.88 Å². The van der Waals surface area contributed by atoms with Crippen molar-refractivity contribution in [2.75, 3.05) is 25.0 Å². The highest BCUT2D eigenvalue weighted by Gasteiger charge is 2.36. The van der Waals surface area contributed by atoms with E-state index in [-0.39, 0.29) is 30.1 Å². The molecule has 2 aromatic heterocycles. The number of hydrogen-bond acceptors (Lipinski definition) is 4. The predicted molar refractivity (Wildman–Crippen MR) is 131 cm³/mol. The van der Waals surface area contributed by atoms with E-state index in [4.69, 9.17) is 4.42 Å². The zero-order valence-corrected chi connectivity index (χ0v) is 19.7. The first kappa shape index (κ1) is 24.4. The normalized spacial score (nSPS) is 15.1. The van der Waals surface area contributed by atoms with Gasteiger partial charge >= 0.3 is 6.09 Å². The molecule has 0 spiro atoms. The number of halogens is 3. The van der Waals surface area contributed by atoms with Gasteiger partial charge in [-0.3, -0.25) is 14.7 Å². The average Bonchev–Trinajstić information content (AvgIpc) is 3.32. The Morgan fingerprint density at radius 2 is 1.81 bits per heavy atom. The van der Waals surface area contributed by atoms with Crippen molar-refractivity contribution in [2.45, 2.75) is 18.8 Å². The van der Waals surface area contributed by atoms with Crippen molar-refractivity contribution in [3.05, 3.63) is 72.3 Å². The van der Waals surface area contributed by atoms with E-state index in [1.54, 1.807) is 42.7 Å². The quantitative estimate of drug-likeness (QED) is 0.350. The van der Waals surface area contributed by atoms with E-state index in [0.717, 1.165) is 11.0 Å². The van der Waals surface area contributed by atoms with Crippen molar-refractivity contribution in [2.24, 2.45) is 0 Å². The van der Waals surface area contributed by atoms with Crippen LogP contribution in [0.15, 0.2) is 65.3 Å². The lowest BCUT2D eigenvalue weighted by molar-refractivity contribution is -0.0494. The number of rotatable bonds is 4. The van der Waals surface area contributed by atoms with Crippen LogP contribution in [0, 0.1) is 5.82 Å². The largest absolute Gasteiger partial charge is 0.465 e. The van der Waals surface area contributed by atoms with Gasteiger partial charge < -0.3 is 14.4 Å². The minimum Gasteiger partial charge on any atom is -0.465 e. The second-order valence-electron chi connectivity index (χ2n) is 8.95. The molecule has 37 heavy (non-hydrogen) atoms. The number of alkyl halides is 2. The van der Waals surface area contributed by atoms with Crippen LogP contribution in [0.3, 0.4) is 0 Å². The predicted octanol–water partition coefficient (Wildman–Crippen LogP) is 6.29. The van der Waals surface area contributed by atoms with E-state index in [0.29, 0.717) is 27.7 Å². The summed E-state index contributed by atoms with van der Waals surface area (Å²) >= 11 is 0. The zero-order chi connectivity index (χ0) is 26.3. The fraction of sp³-hybridized carbons (Fsp3) is 0.222. The molecule has 10 heteroatoms. The molecule has 3 heterocycles. The minimum atomic E-state index is -2.79. The first-order chi connectivity index (χ1) is 17.6. The Balaban J connectivity index is 1.54. The highest BCUT2D eigenvalue weighted by Crippen LogP contribution is 2.38. The molecule has 2 amide bonds. The number of fused-ring (bicyclic) bond motifs is 1. The maximum absolute atomic E-state index is 15.3. The first-order valence-corrected chi connectivity index (χ1v) is 11.5. The molecule has 190 valence electrons. The van der Waals surface area contributed by atoms with E-state index in [1.165, 1.54) is 24.1 Å². The maximum Gasteiger partial charge on any atom is 0.413 e. The van der Waals surface area contributed by atoms with Crippen LogP contribution in [0.4, 0.5) is 23.8 Å². The van der Waals surface area contributed by atoms with Gasteiger partial charge in [-0.25, -0.2) is 18.0 Å². The molecule has 1 N–H and O–H groups in total. The number of hydrogen-bond donors (Lipinski definition) is 1. The van der Waals surface area contributed by atoms with Crippen molar-refractivity contribution in [3.8, 4) is 22.3 Å². The monoisotopic (exact) mass is 509 g/mol. The van der Waals surface area contributed by atoms with Gasteiger partial charge in [-0.15, -0.1) is 0 Å². The molecule has 0 bridgehead atoms. The lowest BCUT2D eigenvalue weighted by Crippen LogP contribution is -2.42. The lowest BCUT2D eigenvalue weighted by atomic mass is 9.96. The third-order valence-electron chi connectivity index (χ3n) is 6.50. The molecule has 4 aromatic rings. The molecule has 1 saturated heterocycles. The SMILES string of the molecule is CN(C(=O)O)c1cc2cc(-c3ccc(C(=O)N4CCC(F)(F)CC4)cc3F)cc(-c3cccnc3)c2o1. The number of carbonyl (C=O) groups excluding carboxylic acids is 1. The number of furan rings is 1. The second kappa shape index (κ2) is 9.27. The summed E-state index contributed by atoms with van der Waals surface area (Å²) in [5, 5.41) is 9.89. The zero-order valence-electron chi connectivity index (χ0n) is 19.7. The molecular formula is C27H22F3N3O4. The molecule has 0 unspecified atom stereocenters. The third kappa shape index (κ3) is 4.74. The van der Waals surface area contributed by atoms with Gasteiger partial charge in [0.25, 0.3) is 11.8 Å². The summed E-state index contributed by atoms with van der Waals surface area (Å²) in [6, 6.07) is 12.5. The number of carbonyl (C=O) groups is 2. The number of likely N-dealkylation sites (tertiary alicyclic amines) is 1. The molecule has 1 fully saturated rings. The summed E-state index contributed by atoms with van der Waals surface area (Å²) in [4.78, 5) is 30.6. The molecule has 1 aliphatic heterocycles. The van der Waals surface area contributed by atoms with E-state index >= 15 is 4.39 Å². The molecule has 0 saturated carbocycles. The van der Waals surface area contributed by atoms with Gasteiger partial charge in [0.15, 0.2) is 0 Å². The highest BCUT2D eigenvalue weighted by atomic mass is 19.3. The molecule has 0 aliphatic carbocycles. The molecule has 0 atom stereocenters. The number of aromatic nitrogens is 1. The number of carboxylic acid groups (broad SMARTS) is 1. The Morgan fingerprint density at radius 1 is 1.05 bits per heavy atom. The molecular weight excluding hydrogens is 487 g/mol. The van der Waals surface area contributed by atoms with E-state index < -0.39 is 36.6 Å². The lowest BCUT2D eigenvalue weighted by Gasteiger charge is -2.31. The van der Waals surface area contributed by atoms with Crippen LogP contribution in [0.1, 0.15) is 23.2 Å². The Bertz CT molecular complexity index is 1490. The second-order valence-corrected chi connectivity index (χ2v) is 8.95. The smallest absolute Gasteiger partial charge is 0.413 e. The number of pyridine rings is 1. The van der Waals surface area contributed by atoms with Gasteiger partial charge in [-0.05, 0) is 35.9 Å². The first-order valence-electron chi connectivity index (χ1n) is 11.5. The van der Waals surface area contributed by atoms with Gasteiger partial charge in [-0.1, -0.05) is 12.1 Å². The van der Waals surface area contributed by atoms with Crippen molar-refractivity contribution >= 4 is 28.9 Å². The molecule has 2 aromatic carbocycles. The Kier molecular flexibility index (Phi) is 6.10. The molecule has 1 aliphatic rings. The summed E-state index contributed by atoms with van der Waals surface area (Å²) in [6.45, 7) is -0.179. The van der Waals surface area contributed by atoms with Crippen LogP contribution in [0.2, 0.25) is 0 Å². The number of anilines is 1. The van der Waals surface area contributed by atoms with E-state index in [9.17, 15) is 23.5 Å². The van der Waals surface area contributed by atoms with Crippen LogP contribution in [0.25, 0.3) is 33.2 Å². The van der Waals surface area contributed by atoms with Crippen molar-refractivity contribution in [1.29, 1.82) is 0 Å². The van der Waals surface area contributed by atoms with Crippen LogP contribution < -0.4 is 4.90 Å². The standard InChI is InChI=1S/C27H22F3N3O4/c1-32(26(35)36)23-14-19-11-18(12-21(24(19)37-23)17-3-2-8-31-15-17)20-5-4-16(13-22(20)28)25(34)33-9-6-27(29,30)7-10-33/h2-5,8,11-15H,6-7,9-10H2,1H3,(H,35,36). The number of nitrogens with zero attached hydrogens (tertiary/aromatic N) is 3. The third-order valence-corrected chi connectivity index (χ3v) is 6.50. The van der Waals surface area contributed by atoms with Crippen molar-refractivity contribution < 1.29 is 32.3 Å². The van der Waals surface area contributed by atoms with Gasteiger partial charge in [0.05, 0.1) is 0 Å². The van der Waals surface area contributed by atoms with Crippen LogP contribution in [0.5, 0.6) is 0 Å². The summed E-state index contributed by atoms with van der Waals surface area (Å²) in [6.07, 6.45) is 1.18. The van der Waals surface area contributed by atoms with E-state index in [1.807, 2.05) is 0 Å². The summed E-state index contributed by atoms with van der Waals surface area (Å²) in [5.74, 6) is -3.85. The summed E-state index contributed by atoms with van der Waals surface area (Å²) < 4.78 is 48.1. The average molecular weight is 509 g/mol. The number of piperidine rings is 1. The number of amides is 2. The summed E-state index contributed by atoms with van der Waals surface area (Å²) in [5.41, 5.74) is 2.44. The van der Waals surface area contributed by atoms with Crippen LogP contribution >= 0.6 is 0 Å². The fourth-order valence-electron chi connectivity index (χ4n) is 4.39. The van der Waals surface area contributed by atoms with Gasteiger partial charge in [-0.2, -0.15) is 0 Å². The topological polar surface area (TPSA) is 86.9 Å². The van der Waals surface area contributed by atoms with Crippen LogP contribution in [-0.2, 0) is 0 Å². The van der Waals surface area contributed by atoms with E-state index in [2.05, 4.69) is 4.98 Å². The Morgan fingerprint density at radius 3 is 2.46 bits per heavy atom.